The molecule has 0 radical (unpaired) electrons. The monoisotopic (exact) mass is 264 g/mol. The second-order valence-corrected chi connectivity index (χ2v) is 7.46. The van der Waals surface area contributed by atoms with Gasteiger partial charge in [-0.2, -0.15) is 0 Å². The van der Waals surface area contributed by atoms with Crippen LogP contribution in [-0.2, 0) is 0 Å². The van der Waals surface area contributed by atoms with E-state index in [0.29, 0.717) is 5.41 Å². The van der Waals surface area contributed by atoms with Gasteiger partial charge >= 0.3 is 0 Å². The first kappa shape index (κ1) is 13.9. The first-order chi connectivity index (χ1) is 9.33. The van der Waals surface area contributed by atoms with Gasteiger partial charge in [0.1, 0.15) is 0 Å². The average molecular weight is 264 g/mol. The van der Waals surface area contributed by atoms with Crippen LogP contribution in [0.25, 0.3) is 0 Å². The molecule has 0 aromatic heterocycles. The Kier molecular flexibility index (Phi) is 4.48. The smallest absolute Gasteiger partial charge is 0.0124 e. The SMILES string of the molecule is CNCC1(CN2CCC3CCCCC32)CCCCC1. The van der Waals surface area contributed by atoms with Crippen molar-refractivity contribution in [1.29, 1.82) is 0 Å². The fourth-order valence-electron chi connectivity index (χ4n) is 5.20. The predicted octanol–water partition coefficient (Wildman–Crippen LogP) is 3.42. The maximum Gasteiger partial charge on any atom is 0.0124 e. The van der Waals surface area contributed by atoms with E-state index in [1.165, 1.54) is 83.8 Å². The topological polar surface area (TPSA) is 15.3 Å². The van der Waals surface area contributed by atoms with Crippen molar-refractivity contribution in [2.75, 3.05) is 26.7 Å². The van der Waals surface area contributed by atoms with Crippen LogP contribution in [0.1, 0.15) is 64.2 Å². The summed E-state index contributed by atoms with van der Waals surface area (Å²) in [7, 11) is 2.14. The van der Waals surface area contributed by atoms with Crippen molar-refractivity contribution < 1.29 is 0 Å². The zero-order valence-electron chi connectivity index (χ0n) is 12.8. The molecule has 3 rings (SSSR count). The van der Waals surface area contributed by atoms with Crippen LogP contribution in [-0.4, -0.2) is 37.6 Å². The van der Waals surface area contributed by atoms with Gasteiger partial charge < -0.3 is 5.32 Å². The Bertz CT molecular complexity index is 277. The quantitative estimate of drug-likeness (QED) is 0.837. The fraction of sp³-hybridized carbons (Fsp3) is 1.00. The van der Waals surface area contributed by atoms with Crippen molar-refractivity contribution in [3.05, 3.63) is 0 Å². The molecular weight excluding hydrogens is 232 g/mol. The zero-order valence-corrected chi connectivity index (χ0v) is 12.8. The molecule has 2 heteroatoms. The van der Waals surface area contributed by atoms with Crippen molar-refractivity contribution in [2.45, 2.75) is 70.3 Å². The standard InChI is InChI=1S/C17H32N2/c1-18-13-17(10-5-2-6-11-17)14-19-12-9-15-7-3-4-8-16(15)19/h15-16,18H,2-14H2,1H3. The number of hydrogen-bond donors (Lipinski definition) is 1. The molecule has 3 aliphatic rings. The molecule has 2 nitrogen and oxygen atoms in total. The Balaban J connectivity index is 1.64. The predicted molar refractivity (Wildman–Crippen MR) is 81.4 cm³/mol. The molecule has 1 N–H and O–H groups in total. The van der Waals surface area contributed by atoms with E-state index in [2.05, 4.69) is 17.3 Å². The number of hydrogen-bond acceptors (Lipinski definition) is 2. The maximum absolute atomic E-state index is 3.50. The maximum atomic E-state index is 3.50. The molecule has 1 heterocycles. The number of nitrogens with one attached hydrogen (secondary N) is 1. The number of fused-ring (bicyclic) bond motifs is 1. The van der Waals surface area contributed by atoms with Gasteiger partial charge in [-0.05, 0) is 57.0 Å². The van der Waals surface area contributed by atoms with Crippen LogP contribution in [0.3, 0.4) is 0 Å². The lowest BCUT2D eigenvalue weighted by Gasteiger charge is -2.43. The highest BCUT2D eigenvalue weighted by atomic mass is 15.2. The van der Waals surface area contributed by atoms with Gasteiger partial charge in [0, 0.05) is 19.1 Å². The highest BCUT2D eigenvalue weighted by Gasteiger charge is 2.40. The number of nitrogens with zero attached hydrogens (tertiary/aromatic N) is 1. The van der Waals surface area contributed by atoms with E-state index in [9.17, 15) is 0 Å². The summed E-state index contributed by atoms with van der Waals surface area (Å²) in [5.41, 5.74) is 0.597. The van der Waals surface area contributed by atoms with Crippen LogP contribution >= 0.6 is 0 Å². The Hall–Kier alpha value is -0.0800. The third kappa shape index (κ3) is 3.00. The summed E-state index contributed by atoms with van der Waals surface area (Å²) in [6.45, 7) is 4.01. The van der Waals surface area contributed by atoms with Crippen LogP contribution in [0.15, 0.2) is 0 Å². The van der Waals surface area contributed by atoms with Crippen molar-refractivity contribution in [1.82, 2.24) is 10.2 Å². The molecule has 0 bridgehead atoms. The molecular formula is C17H32N2. The Morgan fingerprint density at radius 1 is 1.00 bits per heavy atom. The first-order valence-electron chi connectivity index (χ1n) is 8.72. The summed E-state index contributed by atoms with van der Waals surface area (Å²) in [6.07, 6.45) is 14.8. The van der Waals surface area contributed by atoms with Crippen LogP contribution in [0, 0.1) is 11.3 Å². The van der Waals surface area contributed by atoms with Crippen molar-refractivity contribution in [2.24, 2.45) is 11.3 Å². The molecule has 2 atom stereocenters. The van der Waals surface area contributed by atoms with Crippen LogP contribution in [0.5, 0.6) is 0 Å². The minimum atomic E-state index is 0.597. The molecule has 0 amide bonds. The lowest BCUT2D eigenvalue weighted by Crippen LogP contribution is -2.47. The molecule has 0 spiro atoms. The van der Waals surface area contributed by atoms with Gasteiger partial charge in [0.15, 0.2) is 0 Å². The first-order valence-corrected chi connectivity index (χ1v) is 8.72. The highest BCUT2D eigenvalue weighted by molar-refractivity contribution is 4.95. The Labute approximate surface area is 119 Å². The zero-order chi connectivity index (χ0) is 13.1. The van der Waals surface area contributed by atoms with E-state index in [1.807, 2.05) is 0 Å². The highest BCUT2D eigenvalue weighted by Crippen LogP contribution is 2.41. The van der Waals surface area contributed by atoms with Gasteiger partial charge in [0.25, 0.3) is 0 Å². The molecule has 3 fully saturated rings. The van der Waals surface area contributed by atoms with Gasteiger partial charge in [0.05, 0.1) is 0 Å². The summed E-state index contributed by atoms with van der Waals surface area (Å²) in [6, 6.07) is 0.949. The molecule has 110 valence electrons. The minimum Gasteiger partial charge on any atom is -0.319 e. The van der Waals surface area contributed by atoms with Crippen molar-refractivity contribution >= 4 is 0 Å². The van der Waals surface area contributed by atoms with E-state index in [-0.39, 0.29) is 0 Å². The Morgan fingerprint density at radius 3 is 2.58 bits per heavy atom. The largest absolute Gasteiger partial charge is 0.319 e. The number of rotatable bonds is 4. The summed E-state index contributed by atoms with van der Waals surface area (Å²) >= 11 is 0. The second-order valence-electron chi connectivity index (χ2n) is 7.46. The molecule has 0 aromatic rings. The summed E-state index contributed by atoms with van der Waals surface area (Å²) in [4.78, 5) is 2.90. The fourth-order valence-corrected chi connectivity index (χ4v) is 5.20. The number of likely N-dealkylation sites (tertiary alicyclic amines) is 1. The van der Waals surface area contributed by atoms with E-state index >= 15 is 0 Å². The van der Waals surface area contributed by atoms with Gasteiger partial charge in [0.2, 0.25) is 0 Å². The molecule has 0 aromatic carbocycles. The lowest BCUT2D eigenvalue weighted by atomic mass is 9.73. The van der Waals surface area contributed by atoms with Crippen LogP contribution in [0.4, 0.5) is 0 Å². The Morgan fingerprint density at radius 2 is 1.79 bits per heavy atom. The van der Waals surface area contributed by atoms with Gasteiger partial charge in [-0.25, -0.2) is 0 Å². The summed E-state index contributed by atoms with van der Waals surface area (Å²) < 4.78 is 0. The van der Waals surface area contributed by atoms with Crippen LogP contribution < -0.4 is 5.32 Å². The van der Waals surface area contributed by atoms with Gasteiger partial charge in [-0.15, -0.1) is 0 Å². The lowest BCUT2D eigenvalue weighted by molar-refractivity contribution is 0.0792. The van der Waals surface area contributed by atoms with Gasteiger partial charge in [-0.3, -0.25) is 4.90 Å². The van der Waals surface area contributed by atoms with Crippen molar-refractivity contribution in [3.63, 3.8) is 0 Å². The van der Waals surface area contributed by atoms with Crippen LogP contribution in [0.2, 0.25) is 0 Å². The van der Waals surface area contributed by atoms with E-state index in [4.69, 9.17) is 0 Å². The molecule has 2 unspecified atom stereocenters. The van der Waals surface area contributed by atoms with E-state index in [0.717, 1.165) is 12.0 Å². The van der Waals surface area contributed by atoms with E-state index in [1.54, 1.807) is 0 Å². The minimum absolute atomic E-state index is 0.597. The molecule has 19 heavy (non-hydrogen) atoms. The second kappa shape index (κ2) is 6.13. The van der Waals surface area contributed by atoms with Gasteiger partial charge in [-0.1, -0.05) is 32.1 Å². The third-order valence-electron chi connectivity index (χ3n) is 6.13. The van der Waals surface area contributed by atoms with Crippen molar-refractivity contribution in [3.8, 4) is 0 Å². The molecule has 2 aliphatic carbocycles. The average Bonchev–Trinajstić information content (AvgIpc) is 2.83. The summed E-state index contributed by atoms with van der Waals surface area (Å²) in [5.74, 6) is 1.05. The normalized spacial score (nSPS) is 35.2. The molecule has 1 saturated heterocycles. The third-order valence-corrected chi connectivity index (χ3v) is 6.13. The molecule has 2 saturated carbocycles. The van der Waals surface area contributed by atoms with E-state index < -0.39 is 0 Å². The molecule has 1 aliphatic heterocycles. The summed E-state index contributed by atoms with van der Waals surface area (Å²) in [5, 5.41) is 3.50.